The maximum Gasteiger partial charge on any atom is 0.0615 e. The van der Waals surface area contributed by atoms with Crippen LogP contribution in [0.1, 0.15) is 25.7 Å². The molecule has 2 heterocycles. The minimum Gasteiger partial charge on any atom is -0.394 e. The van der Waals surface area contributed by atoms with Crippen LogP contribution in [-0.4, -0.2) is 35.2 Å². The van der Waals surface area contributed by atoms with Crippen LogP contribution in [0.15, 0.2) is 12.2 Å². The van der Waals surface area contributed by atoms with Gasteiger partial charge in [-0.1, -0.05) is 12.2 Å². The highest BCUT2D eigenvalue weighted by Crippen LogP contribution is 2.38. The molecule has 12 heavy (non-hydrogen) atoms. The van der Waals surface area contributed by atoms with Crippen LogP contribution in [0.3, 0.4) is 0 Å². The average Bonchev–Trinajstić information content (AvgIpc) is 2.48. The fourth-order valence-electron chi connectivity index (χ4n) is 2.54. The second-order valence-corrected chi connectivity index (χ2v) is 4.16. The number of rotatable bonds is 1. The van der Waals surface area contributed by atoms with Gasteiger partial charge >= 0.3 is 0 Å². The second-order valence-electron chi connectivity index (χ2n) is 4.16. The van der Waals surface area contributed by atoms with Gasteiger partial charge in [0.2, 0.25) is 0 Å². The molecule has 0 saturated carbocycles. The molecule has 0 radical (unpaired) electrons. The third kappa shape index (κ3) is 1.10. The van der Waals surface area contributed by atoms with Gasteiger partial charge in [-0.3, -0.25) is 4.90 Å². The number of hydrogen-bond acceptors (Lipinski definition) is 2. The lowest BCUT2D eigenvalue weighted by Crippen LogP contribution is -2.50. The highest BCUT2D eigenvalue weighted by Gasteiger charge is 2.42. The lowest BCUT2D eigenvalue weighted by Gasteiger charge is -2.41. The van der Waals surface area contributed by atoms with E-state index in [1.54, 1.807) is 0 Å². The summed E-state index contributed by atoms with van der Waals surface area (Å²) >= 11 is 0. The van der Waals surface area contributed by atoms with Crippen molar-refractivity contribution in [2.75, 3.05) is 19.7 Å². The first-order valence-electron chi connectivity index (χ1n) is 4.79. The molecule has 2 aliphatic heterocycles. The minimum absolute atomic E-state index is 0.140. The molecule has 68 valence electrons. The molecule has 2 fully saturated rings. The lowest BCUT2D eigenvalue weighted by molar-refractivity contribution is 0.0491. The smallest absolute Gasteiger partial charge is 0.0615 e. The van der Waals surface area contributed by atoms with E-state index in [4.69, 9.17) is 0 Å². The Hall–Kier alpha value is -0.340. The molecule has 0 aliphatic carbocycles. The van der Waals surface area contributed by atoms with Crippen molar-refractivity contribution in [2.45, 2.75) is 31.2 Å². The van der Waals surface area contributed by atoms with Crippen LogP contribution in [0.4, 0.5) is 0 Å². The van der Waals surface area contributed by atoms with E-state index >= 15 is 0 Å². The van der Waals surface area contributed by atoms with Gasteiger partial charge in [0.1, 0.15) is 0 Å². The quantitative estimate of drug-likeness (QED) is 0.592. The van der Waals surface area contributed by atoms with Gasteiger partial charge in [-0.05, 0) is 32.2 Å². The van der Waals surface area contributed by atoms with E-state index in [0.29, 0.717) is 6.61 Å². The Kier molecular flexibility index (Phi) is 1.97. The monoisotopic (exact) mass is 167 g/mol. The SMILES string of the molecule is C=C1CCC2(CO)CCCN2C1. The van der Waals surface area contributed by atoms with Crippen molar-refractivity contribution in [1.29, 1.82) is 0 Å². The van der Waals surface area contributed by atoms with E-state index in [2.05, 4.69) is 11.5 Å². The molecule has 0 bridgehead atoms. The lowest BCUT2D eigenvalue weighted by atomic mass is 9.86. The molecule has 2 nitrogen and oxygen atoms in total. The molecule has 1 unspecified atom stereocenters. The second kappa shape index (κ2) is 2.86. The van der Waals surface area contributed by atoms with Gasteiger partial charge in [0.15, 0.2) is 0 Å². The van der Waals surface area contributed by atoms with Gasteiger partial charge in [0.05, 0.1) is 6.61 Å². The van der Waals surface area contributed by atoms with E-state index in [1.807, 2.05) is 0 Å². The van der Waals surface area contributed by atoms with E-state index in [0.717, 1.165) is 25.9 Å². The minimum atomic E-state index is 0.140. The van der Waals surface area contributed by atoms with Crippen molar-refractivity contribution >= 4 is 0 Å². The summed E-state index contributed by atoms with van der Waals surface area (Å²) in [6.07, 6.45) is 4.64. The molecule has 1 N–H and O–H groups in total. The normalized spacial score (nSPS) is 36.9. The molecule has 2 rings (SSSR count). The fourth-order valence-corrected chi connectivity index (χ4v) is 2.54. The molecule has 2 heteroatoms. The Balaban J connectivity index is 2.15. The molecule has 2 aliphatic rings. The van der Waals surface area contributed by atoms with Crippen LogP contribution in [0, 0.1) is 0 Å². The molecule has 0 aromatic rings. The summed E-state index contributed by atoms with van der Waals surface area (Å²) in [4.78, 5) is 2.42. The standard InChI is InChI=1S/C10H17NO/c1-9-3-5-10(8-12)4-2-6-11(10)7-9/h12H,1-8H2. The average molecular weight is 167 g/mol. The predicted octanol–water partition coefficient (Wildman–Crippen LogP) is 1.16. The highest BCUT2D eigenvalue weighted by molar-refractivity contribution is 5.10. The van der Waals surface area contributed by atoms with Crippen molar-refractivity contribution < 1.29 is 5.11 Å². The molecule has 0 aromatic carbocycles. The summed E-state index contributed by atoms with van der Waals surface area (Å²) in [5.41, 5.74) is 1.47. The van der Waals surface area contributed by atoms with Gasteiger partial charge in [0, 0.05) is 12.1 Å². The van der Waals surface area contributed by atoms with E-state index < -0.39 is 0 Å². The van der Waals surface area contributed by atoms with Crippen LogP contribution in [-0.2, 0) is 0 Å². The Bertz CT molecular complexity index is 202. The van der Waals surface area contributed by atoms with Crippen LogP contribution in [0.5, 0.6) is 0 Å². The number of piperidine rings is 1. The summed E-state index contributed by atoms with van der Waals surface area (Å²) in [7, 11) is 0. The van der Waals surface area contributed by atoms with E-state index in [-0.39, 0.29) is 5.54 Å². The molecule has 0 spiro atoms. The predicted molar refractivity (Wildman–Crippen MR) is 49.0 cm³/mol. The summed E-state index contributed by atoms with van der Waals surface area (Å²) in [6, 6.07) is 0. The Morgan fingerprint density at radius 1 is 1.50 bits per heavy atom. The Labute approximate surface area is 73.9 Å². The maximum absolute atomic E-state index is 9.37. The van der Waals surface area contributed by atoms with Gasteiger partial charge in [-0.25, -0.2) is 0 Å². The topological polar surface area (TPSA) is 23.5 Å². The summed E-state index contributed by atoms with van der Waals surface area (Å²) in [5, 5.41) is 9.37. The van der Waals surface area contributed by atoms with Crippen molar-refractivity contribution in [3.8, 4) is 0 Å². The van der Waals surface area contributed by atoms with Crippen molar-refractivity contribution in [1.82, 2.24) is 4.90 Å². The number of hydrogen-bond donors (Lipinski definition) is 1. The maximum atomic E-state index is 9.37. The third-order valence-corrected chi connectivity index (χ3v) is 3.39. The van der Waals surface area contributed by atoms with Crippen molar-refractivity contribution in [2.24, 2.45) is 0 Å². The summed E-state index contributed by atoms with van der Waals surface area (Å²) < 4.78 is 0. The third-order valence-electron chi connectivity index (χ3n) is 3.39. The largest absolute Gasteiger partial charge is 0.394 e. The van der Waals surface area contributed by atoms with Crippen LogP contribution in [0.25, 0.3) is 0 Å². The Morgan fingerprint density at radius 3 is 3.08 bits per heavy atom. The molecule has 0 amide bonds. The number of fused-ring (bicyclic) bond motifs is 1. The zero-order valence-electron chi connectivity index (χ0n) is 7.55. The van der Waals surface area contributed by atoms with Gasteiger partial charge in [-0.15, -0.1) is 0 Å². The first kappa shape index (κ1) is 8.27. The molecular formula is C10H17NO. The van der Waals surface area contributed by atoms with Crippen LogP contribution < -0.4 is 0 Å². The zero-order chi connectivity index (χ0) is 8.60. The van der Waals surface area contributed by atoms with Gasteiger partial charge in [0.25, 0.3) is 0 Å². The van der Waals surface area contributed by atoms with Crippen molar-refractivity contribution in [3.05, 3.63) is 12.2 Å². The van der Waals surface area contributed by atoms with Crippen LogP contribution in [0.2, 0.25) is 0 Å². The van der Waals surface area contributed by atoms with E-state index in [1.165, 1.54) is 18.4 Å². The first-order valence-corrected chi connectivity index (χ1v) is 4.79. The number of aliphatic hydroxyl groups excluding tert-OH is 1. The number of nitrogens with zero attached hydrogens (tertiary/aromatic N) is 1. The first-order chi connectivity index (χ1) is 5.77. The van der Waals surface area contributed by atoms with Crippen LogP contribution >= 0.6 is 0 Å². The van der Waals surface area contributed by atoms with Crippen molar-refractivity contribution in [3.63, 3.8) is 0 Å². The van der Waals surface area contributed by atoms with Gasteiger partial charge < -0.3 is 5.11 Å². The zero-order valence-corrected chi connectivity index (χ0v) is 7.55. The summed E-state index contributed by atoms with van der Waals surface area (Å²) in [5.74, 6) is 0. The number of aliphatic hydroxyl groups is 1. The molecule has 1 atom stereocenters. The Morgan fingerprint density at radius 2 is 2.33 bits per heavy atom. The highest BCUT2D eigenvalue weighted by atomic mass is 16.3. The summed E-state index contributed by atoms with van der Waals surface area (Å²) in [6.45, 7) is 6.52. The molecule has 2 saturated heterocycles. The van der Waals surface area contributed by atoms with Gasteiger partial charge in [-0.2, -0.15) is 0 Å². The molecular weight excluding hydrogens is 150 g/mol. The van der Waals surface area contributed by atoms with E-state index in [9.17, 15) is 5.11 Å². The fraction of sp³-hybridized carbons (Fsp3) is 0.800. The molecule has 0 aromatic heterocycles.